The molecule has 6 heteroatoms. The van der Waals surface area contributed by atoms with Crippen LogP contribution in [0.2, 0.25) is 0 Å². The molecule has 0 saturated heterocycles. The van der Waals surface area contributed by atoms with Crippen molar-refractivity contribution in [1.29, 1.82) is 0 Å². The third kappa shape index (κ3) is 2.11. The summed E-state index contributed by atoms with van der Waals surface area (Å²) in [4.78, 5) is 16.2. The molecule has 2 heterocycles. The number of aromatic nitrogens is 2. The molecule has 2 aromatic heterocycles. The van der Waals surface area contributed by atoms with Crippen molar-refractivity contribution in [3.05, 3.63) is 66.1 Å². The predicted octanol–water partition coefficient (Wildman–Crippen LogP) is 2.86. The number of halogens is 2. The fourth-order valence-corrected chi connectivity index (χ4v) is 1.91. The average Bonchev–Trinajstić information content (AvgIpc) is 2.90. The van der Waals surface area contributed by atoms with E-state index < -0.39 is 17.5 Å². The van der Waals surface area contributed by atoms with Crippen molar-refractivity contribution in [3.8, 4) is 0 Å². The molecule has 0 atom stereocenters. The van der Waals surface area contributed by atoms with E-state index in [2.05, 4.69) is 10.3 Å². The van der Waals surface area contributed by atoms with E-state index in [0.717, 1.165) is 6.07 Å². The van der Waals surface area contributed by atoms with Crippen molar-refractivity contribution in [2.24, 2.45) is 0 Å². The summed E-state index contributed by atoms with van der Waals surface area (Å²) in [6.45, 7) is 0. The summed E-state index contributed by atoms with van der Waals surface area (Å²) >= 11 is 0. The Balaban J connectivity index is 1.95. The normalized spacial score (nSPS) is 10.7. The fourth-order valence-electron chi connectivity index (χ4n) is 1.91. The summed E-state index contributed by atoms with van der Waals surface area (Å²) < 4.78 is 27.9. The van der Waals surface area contributed by atoms with E-state index in [9.17, 15) is 13.6 Å². The number of carbonyl (C=O) groups is 1. The molecule has 3 aromatic rings. The number of pyridine rings is 1. The Hall–Kier alpha value is -2.76. The molecule has 20 heavy (non-hydrogen) atoms. The molecule has 1 N–H and O–H groups in total. The monoisotopic (exact) mass is 273 g/mol. The number of nitrogens with one attached hydrogen (secondary N) is 1. The van der Waals surface area contributed by atoms with Crippen molar-refractivity contribution in [1.82, 2.24) is 9.38 Å². The molecule has 100 valence electrons. The first-order chi connectivity index (χ1) is 9.65. The zero-order valence-corrected chi connectivity index (χ0v) is 10.2. The number of carbonyl (C=O) groups excluding carboxylic acids is 1. The molecule has 0 aliphatic heterocycles. The lowest BCUT2D eigenvalue weighted by atomic mass is 10.2. The van der Waals surface area contributed by atoms with Gasteiger partial charge in [-0.3, -0.25) is 9.20 Å². The van der Waals surface area contributed by atoms with Gasteiger partial charge in [-0.1, -0.05) is 6.07 Å². The number of rotatable bonds is 2. The lowest BCUT2D eigenvalue weighted by Crippen LogP contribution is -2.16. The van der Waals surface area contributed by atoms with Gasteiger partial charge in [-0.15, -0.1) is 0 Å². The van der Waals surface area contributed by atoms with Crippen molar-refractivity contribution in [2.75, 3.05) is 5.32 Å². The Labute approximate surface area is 112 Å². The van der Waals surface area contributed by atoms with E-state index >= 15 is 0 Å². The molecule has 0 bridgehead atoms. The van der Waals surface area contributed by atoms with Crippen LogP contribution in [0.3, 0.4) is 0 Å². The molecule has 0 saturated carbocycles. The number of anilines is 1. The van der Waals surface area contributed by atoms with Crippen LogP contribution >= 0.6 is 0 Å². The minimum Gasteiger partial charge on any atom is -0.318 e. The van der Waals surface area contributed by atoms with Crippen LogP contribution in [0.4, 0.5) is 14.5 Å². The van der Waals surface area contributed by atoms with Crippen LogP contribution in [0.1, 0.15) is 10.5 Å². The third-order valence-electron chi connectivity index (χ3n) is 2.84. The molecule has 0 radical (unpaired) electrons. The molecular weight excluding hydrogens is 264 g/mol. The summed E-state index contributed by atoms with van der Waals surface area (Å²) in [5.74, 6) is -2.02. The maximum absolute atomic E-state index is 13.5. The van der Waals surface area contributed by atoms with Crippen LogP contribution in [-0.4, -0.2) is 15.3 Å². The first kappa shape index (κ1) is 12.3. The Morgan fingerprint density at radius 1 is 1.20 bits per heavy atom. The van der Waals surface area contributed by atoms with Crippen molar-refractivity contribution >= 4 is 17.2 Å². The number of hydrogen-bond donors (Lipinski definition) is 1. The summed E-state index contributed by atoms with van der Waals surface area (Å²) in [5, 5.41) is 2.41. The largest absolute Gasteiger partial charge is 0.318 e. The van der Waals surface area contributed by atoms with Gasteiger partial charge in [-0.25, -0.2) is 13.8 Å². The zero-order chi connectivity index (χ0) is 14.1. The maximum atomic E-state index is 13.5. The van der Waals surface area contributed by atoms with E-state index in [0.29, 0.717) is 17.4 Å². The topological polar surface area (TPSA) is 46.4 Å². The van der Waals surface area contributed by atoms with Crippen LogP contribution in [-0.2, 0) is 0 Å². The number of hydrogen-bond acceptors (Lipinski definition) is 2. The van der Waals surface area contributed by atoms with Gasteiger partial charge in [0, 0.05) is 18.5 Å². The molecule has 0 unspecified atom stereocenters. The molecule has 1 aromatic carbocycles. The minimum atomic E-state index is -0.823. The molecule has 3 rings (SSSR count). The second kappa shape index (κ2) is 4.73. The molecule has 0 fully saturated rings. The third-order valence-corrected chi connectivity index (χ3v) is 2.84. The van der Waals surface area contributed by atoms with Gasteiger partial charge in [0.05, 0.1) is 5.69 Å². The molecule has 4 nitrogen and oxygen atoms in total. The Morgan fingerprint density at radius 2 is 2.05 bits per heavy atom. The maximum Gasteiger partial charge on any atom is 0.272 e. The second-order valence-electron chi connectivity index (χ2n) is 4.14. The fraction of sp³-hybridized carbons (Fsp3) is 0. The highest BCUT2D eigenvalue weighted by molar-refractivity contribution is 6.03. The van der Waals surface area contributed by atoms with Crippen molar-refractivity contribution in [3.63, 3.8) is 0 Å². The van der Waals surface area contributed by atoms with Crippen LogP contribution in [0.5, 0.6) is 0 Å². The molecule has 1 amide bonds. The van der Waals surface area contributed by atoms with Gasteiger partial charge in [0.15, 0.2) is 0 Å². The van der Waals surface area contributed by atoms with E-state index in [1.807, 2.05) is 0 Å². The average molecular weight is 273 g/mol. The molecule has 0 aliphatic rings. The first-order valence-electron chi connectivity index (χ1n) is 5.83. The number of nitrogens with zero attached hydrogens (tertiary/aromatic N) is 2. The standard InChI is InChI=1S/C14H9F2N3O/c15-9-4-5-11(10(16)8-9)18-14(20)12-2-1-3-13-17-6-7-19(12)13/h1-8H,(H,18,20). The SMILES string of the molecule is O=C(Nc1ccc(F)cc1F)c1cccc2nccn12. The van der Waals surface area contributed by atoms with E-state index in [1.54, 1.807) is 35.0 Å². The molecular formula is C14H9F2N3O. The zero-order valence-electron chi connectivity index (χ0n) is 10.2. The van der Waals surface area contributed by atoms with E-state index in [4.69, 9.17) is 0 Å². The smallest absolute Gasteiger partial charge is 0.272 e. The van der Waals surface area contributed by atoms with Gasteiger partial charge in [0.2, 0.25) is 0 Å². The first-order valence-corrected chi connectivity index (χ1v) is 5.83. The summed E-state index contributed by atoms with van der Waals surface area (Å²) in [5.41, 5.74) is 0.842. The quantitative estimate of drug-likeness (QED) is 0.780. The lowest BCUT2D eigenvalue weighted by Gasteiger charge is -2.08. The number of benzene rings is 1. The summed E-state index contributed by atoms with van der Waals surface area (Å²) in [6, 6.07) is 7.99. The number of imidazole rings is 1. The highest BCUT2D eigenvalue weighted by Gasteiger charge is 2.12. The highest BCUT2D eigenvalue weighted by Crippen LogP contribution is 2.16. The Kier molecular flexibility index (Phi) is 2.90. The van der Waals surface area contributed by atoms with Gasteiger partial charge >= 0.3 is 0 Å². The van der Waals surface area contributed by atoms with Gasteiger partial charge in [0.25, 0.3) is 5.91 Å². The summed E-state index contributed by atoms with van der Waals surface area (Å²) in [7, 11) is 0. The van der Waals surface area contributed by atoms with Crippen LogP contribution < -0.4 is 5.32 Å². The van der Waals surface area contributed by atoms with E-state index in [1.165, 1.54) is 6.07 Å². The minimum absolute atomic E-state index is 0.0754. The van der Waals surface area contributed by atoms with Gasteiger partial charge in [-0.2, -0.15) is 0 Å². The number of fused-ring (bicyclic) bond motifs is 1. The highest BCUT2D eigenvalue weighted by atomic mass is 19.1. The van der Waals surface area contributed by atoms with Crippen LogP contribution in [0, 0.1) is 11.6 Å². The van der Waals surface area contributed by atoms with Gasteiger partial charge in [0.1, 0.15) is 23.0 Å². The van der Waals surface area contributed by atoms with E-state index in [-0.39, 0.29) is 5.69 Å². The van der Waals surface area contributed by atoms with Crippen LogP contribution in [0.15, 0.2) is 48.8 Å². The summed E-state index contributed by atoms with van der Waals surface area (Å²) in [6.07, 6.45) is 3.19. The van der Waals surface area contributed by atoms with Crippen molar-refractivity contribution < 1.29 is 13.6 Å². The van der Waals surface area contributed by atoms with Crippen molar-refractivity contribution in [2.45, 2.75) is 0 Å². The lowest BCUT2D eigenvalue weighted by molar-refractivity contribution is 0.102. The Bertz CT molecular complexity index is 798. The molecule has 0 aliphatic carbocycles. The molecule has 0 spiro atoms. The number of amides is 1. The van der Waals surface area contributed by atoms with Gasteiger partial charge in [-0.05, 0) is 24.3 Å². The Morgan fingerprint density at radius 3 is 2.85 bits per heavy atom. The van der Waals surface area contributed by atoms with Crippen LogP contribution in [0.25, 0.3) is 5.65 Å². The second-order valence-corrected chi connectivity index (χ2v) is 4.14. The van der Waals surface area contributed by atoms with Gasteiger partial charge < -0.3 is 5.32 Å². The predicted molar refractivity (Wildman–Crippen MR) is 69.5 cm³/mol.